The standard InChI is InChI=1S/C18H14Cl6O2/c1-2-3-4-18(26-9-25,10-5-14(21)16(23)7-12(10)19)11-6-15(22)17(24)8-13(11)20/h5-9H,2-4H2,1H3. The summed E-state index contributed by atoms with van der Waals surface area (Å²) in [5.41, 5.74) is -0.349. The van der Waals surface area contributed by atoms with Crippen LogP contribution >= 0.6 is 69.6 Å². The van der Waals surface area contributed by atoms with E-state index in [1.807, 2.05) is 6.92 Å². The molecule has 0 unspecified atom stereocenters. The molecule has 2 aromatic carbocycles. The monoisotopic (exact) mass is 472 g/mol. The first-order valence-corrected chi connectivity index (χ1v) is 9.95. The lowest BCUT2D eigenvalue weighted by Gasteiger charge is -2.35. The van der Waals surface area contributed by atoms with Crippen molar-refractivity contribution in [2.45, 2.75) is 31.8 Å². The van der Waals surface area contributed by atoms with Crippen LogP contribution in [0.4, 0.5) is 0 Å². The minimum absolute atomic E-state index is 0.276. The summed E-state index contributed by atoms with van der Waals surface area (Å²) in [4.78, 5) is 11.4. The fourth-order valence-corrected chi connectivity index (χ4v) is 4.17. The van der Waals surface area contributed by atoms with Crippen LogP contribution in [0.2, 0.25) is 30.1 Å². The van der Waals surface area contributed by atoms with E-state index in [2.05, 4.69) is 0 Å². The Labute approximate surface area is 182 Å². The van der Waals surface area contributed by atoms with Crippen molar-refractivity contribution in [3.63, 3.8) is 0 Å². The molecular formula is C18H14Cl6O2. The Balaban J connectivity index is 2.84. The van der Waals surface area contributed by atoms with Gasteiger partial charge in [-0.2, -0.15) is 0 Å². The largest absolute Gasteiger partial charge is 0.451 e. The molecule has 0 aliphatic carbocycles. The molecule has 2 nitrogen and oxygen atoms in total. The Morgan fingerprint density at radius 3 is 1.62 bits per heavy atom. The third-order valence-electron chi connectivity index (χ3n) is 4.02. The third-order valence-corrected chi connectivity index (χ3v) is 6.09. The number of hydrogen-bond acceptors (Lipinski definition) is 2. The summed E-state index contributed by atoms with van der Waals surface area (Å²) in [7, 11) is 0. The summed E-state index contributed by atoms with van der Waals surface area (Å²) in [5.74, 6) is 0. The highest BCUT2D eigenvalue weighted by atomic mass is 35.5. The van der Waals surface area contributed by atoms with Gasteiger partial charge in [0.1, 0.15) is 0 Å². The smallest absolute Gasteiger partial charge is 0.294 e. The number of unbranched alkanes of at least 4 members (excludes halogenated alkanes) is 1. The van der Waals surface area contributed by atoms with Crippen molar-refractivity contribution >= 4 is 76.1 Å². The van der Waals surface area contributed by atoms with Gasteiger partial charge in [-0.1, -0.05) is 83.0 Å². The third kappa shape index (κ3) is 4.38. The van der Waals surface area contributed by atoms with E-state index < -0.39 is 5.60 Å². The number of ether oxygens (including phenoxy) is 1. The first kappa shape index (κ1) is 21.9. The number of halogens is 6. The minimum atomic E-state index is -1.28. The van der Waals surface area contributed by atoms with Gasteiger partial charge in [-0.15, -0.1) is 0 Å². The summed E-state index contributed by atoms with van der Waals surface area (Å²) < 4.78 is 5.60. The number of carbonyl (C=O) groups is 1. The van der Waals surface area contributed by atoms with Gasteiger partial charge >= 0.3 is 0 Å². The van der Waals surface area contributed by atoms with E-state index in [4.69, 9.17) is 74.3 Å². The van der Waals surface area contributed by atoms with E-state index in [0.717, 1.165) is 12.8 Å². The number of benzene rings is 2. The SMILES string of the molecule is CCCCC(OC=O)(c1cc(Cl)c(Cl)cc1Cl)c1cc(Cl)c(Cl)cc1Cl. The van der Waals surface area contributed by atoms with Gasteiger partial charge in [0.25, 0.3) is 6.47 Å². The van der Waals surface area contributed by atoms with Gasteiger partial charge < -0.3 is 4.74 Å². The topological polar surface area (TPSA) is 26.3 Å². The summed E-state index contributed by atoms with van der Waals surface area (Å²) in [6.07, 6.45) is 1.99. The maximum atomic E-state index is 11.4. The first-order valence-electron chi connectivity index (χ1n) is 7.68. The maximum absolute atomic E-state index is 11.4. The van der Waals surface area contributed by atoms with Crippen molar-refractivity contribution in [3.8, 4) is 0 Å². The van der Waals surface area contributed by atoms with E-state index in [1.54, 1.807) is 12.1 Å². The fourth-order valence-electron chi connectivity index (χ4n) is 2.77. The average Bonchev–Trinajstić information content (AvgIpc) is 2.58. The molecule has 0 radical (unpaired) electrons. The van der Waals surface area contributed by atoms with Crippen molar-refractivity contribution in [2.75, 3.05) is 0 Å². The van der Waals surface area contributed by atoms with Gasteiger partial charge in [0.2, 0.25) is 0 Å². The lowest BCUT2D eigenvalue weighted by Crippen LogP contribution is -2.32. The molecule has 0 aliphatic heterocycles. The average molecular weight is 475 g/mol. The van der Waals surface area contributed by atoms with E-state index in [-0.39, 0.29) is 20.1 Å². The molecule has 0 saturated heterocycles. The van der Waals surface area contributed by atoms with Crippen LogP contribution in [0.5, 0.6) is 0 Å². The molecule has 0 N–H and O–H groups in total. The molecule has 0 spiro atoms. The molecule has 140 valence electrons. The van der Waals surface area contributed by atoms with Crippen LogP contribution in [0.15, 0.2) is 24.3 Å². The molecule has 0 amide bonds. The Morgan fingerprint density at radius 2 is 1.23 bits per heavy atom. The van der Waals surface area contributed by atoms with Crippen molar-refractivity contribution in [1.82, 2.24) is 0 Å². The summed E-state index contributed by atoms with van der Waals surface area (Å²) in [6, 6.07) is 6.15. The predicted octanol–water partition coefficient (Wildman–Crippen LogP) is 8.21. The summed E-state index contributed by atoms with van der Waals surface area (Å²) >= 11 is 37.4. The van der Waals surface area contributed by atoms with Gasteiger partial charge in [0.05, 0.1) is 20.1 Å². The Kier molecular flexibility index (Phi) is 7.79. The normalized spacial score (nSPS) is 11.5. The van der Waals surface area contributed by atoms with E-state index in [0.29, 0.717) is 34.1 Å². The molecule has 26 heavy (non-hydrogen) atoms. The highest BCUT2D eigenvalue weighted by Gasteiger charge is 2.40. The van der Waals surface area contributed by atoms with Crippen LogP contribution in [0.1, 0.15) is 37.3 Å². The molecule has 0 atom stereocenters. The Hall–Kier alpha value is -0.350. The van der Waals surface area contributed by atoms with E-state index in [1.165, 1.54) is 12.1 Å². The van der Waals surface area contributed by atoms with Crippen molar-refractivity contribution < 1.29 is 9.53 Å². The highest BCUT2D eigenvalue weighted by Crippen LogP contribution is 2.47. The zero-order chi connectivity index (χ0) is 19.5. The lowest BCUT2D eigenvalue weighted by atomic mass is 9.81. The van der Waals surface area contributed by atoms with Crippen LogP contribution in [0.3, 0.4) is 0 Å². The van der Waals surface area contributed by atoms with Crippen molar-refractivity contribution in [2.24, 2.45) is 0 Å². The van der Waals surface area contributed by atoms with E-state index in [9.17, 15) is 4.79 Å². The van der Waals surface area contributed by atoms with Crippen LogP contribution in [0.25, 0.3) is 0 Å². The van der Waals surface area contributed by atoms with Gasteiger partial charge in [-0.3, -0.25) is 4.79 Å². The lowest BCUT2D eigenvalue weighted by molar-refractivity contribution is -0.141. The second-order valence-electron chi connectivity index (χ2n) is 5.64. The van der Waals surface area contributed by atoms with Gasteiger partial charge in [-0.05, 0) is 37.1 Å². The maximum Gasteiger partial charge on any atom is 0.294 e. The minimum Gasteiger partial charge on any atom is -0.451 e. The first-order chi connectivity index (χ1) is 12.3. The van der Waals surface area contributed by atoms with Gasteiger partial charge in [0, 0.05) is 21.2 Å². The molecular weight excluding hydrogens is 461 g/mol. The molecule has 0 aromatic heterocycles. The second-order valence-corrected chi connectivity index (χ2v) is 8.08. The zero-order valence-electron chi connectivity index (χ0n) is 13.6. The molecule has 0 bridgehead atoms. The summed E-state index contributed by atoms with van der Waals surface area (Å²) in [6.45, 7) is 2.37. The second kappa shape index (κ2) is 9.23. The predicted molar refractivity (Wildman–Crippen MR) is 110 cm³/mol. The van der Waals surface area contributed by atoms with Crippen LogP contribution < -0.4 is 0 Å². The molecule has 0 fully saturated rings. The quantitative estimate of drug-likeness (QED) is 0.298. The van der Waals surface area contributed by atoms with Crippen LogP contribution in [-0.2, 0) is 15.1 Å². The zero-order valence-corrected chi connectivity index (χ0v) is 18.1. The Morgan fingerprint density at radius 1 is 0.808 bits per heavy atom. The van der Waals surface area contributed by atoms with Gasteiger partial charge in [0.15, 0.2) is 5.60 Å². The summed E-state index contributed by atoms with van der Waals surface area (Å²) in [5, 5.41) is 1.71. The molecule has 8 heteroatoms. The Bertz CT molecular complexity index is 764. The molecule has 0 aliphatic rings. The van der Waals surface area contributed by atoms with Crippen molar-refractivity contribution in [3.05, 3.63) is 65.5 Å². The molecule has 2 rings (SSSR count). The number of hydrogen-bond donors (Lipinski definition) is 0. The van der Waals surface area contributed by atoms with Crippen LogP contribution in [-0.4, -0.2) is 6.47 Å². The highest BCUT2D eigenvalue weighted by molar-refractivity contribution is 6.44. The van der Waals surface area contributed by atoms with Crippen molar-refractivity contribution in [1.29, 1.82) is 0 Å². The number of rotatable bonds is 7. The molecule has 2 aromatic rings. The fraction of sp³-hybridized carbons (Fsp3) is 0.278. The number of carbonyl (C=O) groups excluding carboxylic acids is 1. The van der Waals surface area contributed by atoms with E-state index >= 15 is 0 Å². The van der Waals surface area contributed by atoms with Crippen LogP contribution in [0, 0.1) is 0 Å². The van der Waals surface area contributed by atoms with Gasteiger partial charge in [-0.25, -0.2) is 0 Å². The molecule has 0 saturated carbocycles. The molecule has 0 heterocycles.